The number of likely N-dealkylation sites (tertiary alicyclic amines) is 1. The number of anilines is 1. The molecule has 2 amide bonds. The van der Waals surface area contributed by atoms with Gasteiger partial charge in [-0.15, -0.1) is 0 Å². The maximum absolute atomic E-state index is 12.6. The van der Waals surface area contributed by atoms with E-state index >= 15 is 0 Å². The number of fused-ring (bicyclic) bond motifs is 1. The van der Waals surface area contributed by atoms with Crippen molar-refractivity contribution in [2.75, 3.05) is 25.0 Å². The molecule has 1 aromatic heterocycles. The quantitative estimate of drug-likeness (QED) is 0.881. The SMILES string of the molecule is O=C(Nc1cc(Cl)cc2c1OCC2)N1CCC(c2ccncc2)CC1. The molecule has 2 aliphatic heterocycles. The number of rotatable bonds is 2. The first-order chi connectivity index (χ1) is 12.2. The van der Waals surface area contributed by atoms with Gasteiger partial charge in [-0.25, -0.2) is 4.79 Å². The van der Waals surface area contributed by atoms with E-state index < -0.39 is 0 Å². The Labute approximate surface area is 152 Å². The number of benzene rings is 1. The van der Waals surface area contributed by atoms with Crippen LogP contribution in [0.25, 0.3) is 0 Å². The van der Waals surface area contributed by atoms with Gasteiger partial charge >= 0.3 is 6.03 Å². The number of piperidine rings is 1. The minimum Gasteiger partial charge on any atom is -0.491 e. The molecule has 6 heteroatoms. The highest BCUT2D eigenvalue weighted by Crippen LogP contribution is 2.37. The molecule has 1 fully saturated rings. The molecule has 2 aromatic rings. The van der Waals surface area contributed by atoms with Crippen molar-refractivity contribution in [3.05, 3.63) is 52.8 Å². The van der Waals surface area contributed by atoms with E-state index in [2.05, 4.69) is 22.4 Å². The second-order valence-corrected chi connectivity index (χ2v) is 6.95. The summed E-state index contributed by atoms with van der Waals surface area (Å²) in [7, 11) is 0. The second-order valence-electron chi connectivity index (χ2n) is 6.51. The summed E-state index contributed by atoms with van der Waals surface area (Å²) in [5.41, 5.74) is 3.02. The smallest absolute Gasteiger partial charge is 0.321 e. The van der Waals surface area contributed by atoms with Crippen molar-refractivity contribution in [2.24, 2.45) is 0 Å². The maximum atomic E-state index is 12.6. The summed E-state index contributed by atoms with van der Waals surface area (Å²) in [5.74, 6) is 1.25. The zero-order valence-electron chi connectivity index (χ0n) is 13.9. The Morgan fingerprint density at radius 2 is 2.00 bits per heavy atom. The van der Waals surface area contributed by atoms with Crippen LogP contribution in [-0.4, -0.2) is 35.6 Å². The molecule has 0 aliphatic carbocycles. The number of aromatic nitrogens is 1. The molecule has 3 heterocycles. The van der Waals surface area contributed by atoms with Crippen LogP contribution in [0.4, 0.5) is 10.5 Å². The Bertz CT molecular complexity index is 774. The number of carbonyl (C=O) groups is 1. The Kier molecular flexibility index (Phi) is 4.49. The molecule has 1 aromatic carbocycles. The third-order valence-corrected chi connectivity index (χ3v) is 5.17. The first kappa shape index (κ1) is 16.2. The lowest BCUT2D eigenvalue weighted by atomic mass is 9.90. The molecule has 1 saturated heterocycles. The van der Waals surface area contributed by atoms with E-state index in [1.54, 1.807) is 6.07 Å². The molecule has 0 spiro atoms. The van der Waals surface area contributed by atoms with Crippen LogP contribution in [0.1, 0.15) is 29.9 Å². The average Bonchev–Trinajstić information content (AvgIpc) is 3.11. The Balaban J connectivity index is 1.40. The lowest BCUT2D eigenvalue weighted by Crippen LogP contribution is -2.40. The molecule has 1 N–H and O–H groups in total. The number of hydrogen-bond acceptors (Lipinski definition) is 3. The number of ether oxygens (including phenoxy) is 1. The van der Waals surface area contributed by atoms with E-state index in [9.17, 15) is 4.79 Å². The molecular weight excluding hydrogens is 338 g/mol. The Hall–Kier alpha value is -2.27. The van der Waals surface area contributed by atoms with Crippen LogP contribution >= 0.6 is 11.6 Å². The van der Waals surface area contributed by atoms with Gasteiger partial charge in [-0.05, 0) is 48.6 Å². The third kappa shape index (κ3) is 3.42. The van der Waals surface area contributed by atoms with Gasteiger partial charge in [0, 0.05) is 42.5 Å². The maximum Gasteiger partial charge on any atom is 0.321 e. The van der Waals surface area contributed by atoms with Crippen molar-refractivity contribution in [3.63, 3.8) is 0 Å². The van der Waals surface area contributed by atoms with Gasteiger partial charge in [-0.2, -0.15) is 0 Å². The molecule has 130 valence electrons. The van der Waals surface area contributed by atoms with Crippen molar-refractivity contribution >= 4 is 23.3 Å². The molecule has 2 aliphatic rings. The van der Waals surface area contributed by atoms with Crippen LogP contribution < -0.4 is 10.1 Å². The second kappa shape index (κ2) is 6.92. The summed E-state index contributed by atoms with van der Waals surface area (Å²) >= 11 is 6.16. The molecule has 5 nitrogen and oxygen atoms in total. The number of pyridine rings is 1. The largest absolute Gasteiger partial charge is 0.491 e. The number of urea groups is 1. The van der Waals surface area contributed by atoms with E-state index in [0.29, 0.717) is 23.2 Å². The fraction of sp³-hybridized carbons (Fsp3) is 0.368. The average molecular weight is 358 g/mol. The Morgan fingerprint density at radius 3 is 2.76 bits per heavy atom. The summed E-state index contributed by atoms with van der Waals surface area (Å²) in [6, 6.07) is 7.70. The van der Waals surface area contributed by atoms with E-state index in [4.69, 9.17) is 16.3 Å². The van der Waals surface area contributed by atoms with Crippen molar-refractivity contribution in [1.82, 2.24) is 9.88 Å². The van der Waals surface area contributed by atoms with Crippen molar-refractivity contribution in [3.8, 4) is 5.75 Å². The summed E-state index contributed by atoms with van der Waals surface area (Å²) in [4.78, 5) is 18.6. The van der Waals surface area contributed by atoms with Crippen LogP contribution in [0.5, 0.6) is 5.75 Å². The zero-order valence-corrected chi connectivity index (χ0v) is 14.6. The van der Waals surface area contributed by atoms with Crippen LogP contribution in [0, 0.1) is 0 Å². The van der Waals surface area contributed by atoms with Gasteiger partial charge in [0.2, 0.25) is 0 Å². The molecular formula is C19H20ClN3O2. The van der Waals surface area contributed by atoms with Crippen molar-refractivity contribution in [1.29, 1.82) is 0 Å². The Morgan fingerprint density at radius 1 is 1.24 bits per heavy atom. The summed E-state index contributed by atoms with van der Waals surface area (Å²) in [5, 5.41) is 3.60. The first-order valence-electron chi connectivity index (χ1n) is 8.62. The van der Waals surface area contributed by atoms with Gasteiger partial charge < -0.3 is 15.0 Å². The first-order valence-corrected chi connectivity index (χ1v) is 8.99. The number of nitrogens with one attached hydrogen (secondary N) is 1. The molecule has 0 unspecified atom stereocenters. The number of nitrogens with zero attached hydrogens (tertiary/aromatic N) is 2. The number of carbonyl (C=O) groups excluding carboxylic acids is 1. The zero-order chi connectivity index (χ0) is 17.2. The fourth-order valence-electron chi connectivity index (χ4n) is 3.61. The highest BCUT2D eigenvalue weighted by molar-refractivity contribution is 6.31. The third-order valence-electron chi connectivity index (χ3n) is 4.95. The number of hydrogen-bond donors (Lipinski definition) is 1. The van der Waals surface area contributed by atoms with Gasteiger partial charge in [0.1, 0.15) is 5.75 Å². The fourth-order valence-corrected chi connectivity index (χ4v) is 3.85. The highest BCUT2D eigenvalue weighted by Gasteiger charge is 2.25. The molecule has 4 rings (SSSR count). The van der Waals surface area contributed by atoms with Gasteiger partial charge in [-0.1, -0.05) is 11.6 Å². The summed E-state index contributed by atoms with van der Waals surface area (Å²) in [6.07, 6.45) is 6.40. The molecule has 25 heavy (non-hydrogen) atoms. The molecule has 0 radical (unpaired) electrons. The predicted octanol–water partition coefficient (Wildman–Crippen LogP) is 4.08. The normalized spacial score (nSPS) is 17.1. The standard InChI is InChI=1S/C19H20ClN3O2/c20-16-11-15-5-10-25-18(15)17(12-16)22-19(24)23-8-3-14(4-9-23)13-1-6-21-7-2-13/h1-2,6-7,11-12,14H,3-5,8-10H2,(H,22,24). The van der Waals surface area contributed by atoms with E-state index in [-0.39, 0.29) is 6.03 Å². The van der Waals surface area contributed by atoms with Crippen molar-refractivity contribution in [2.45, 2.75) is 25.2 Å². The predicted molar refractivity (Wildman–Crippen MR) is 97.5 cm³/mol. The van der Waals surface area contributed by atoms with Crippen molar-refractivity contribution < 1.29 is 9.53 Å². The molecule has 0 bridgehead atoms. The van der Waals surface area contributed by atoms with Gasteiger partial charge in [0.15, 0.2) is 0 Å². The summed E-state index contributed by atoms with van der Waals surface area (Å²) < 4.78 is 5.65. The summed E-state index contributed by atoms with van der Waals surface area (Å²) in [6.45, 7) is 2.11. The minimum atomic E-state index is -0.0897. The van der Waals surface area contributed by atoms with Gasteiger partial charge in [0.05, 0.1) is 12.3 Å². The lowest BCUT2D eigenvalue weighted by molar-refractivity contribution is 0.194. The monoisotopic (exact) mass is 357 g/mol. The van der Waals surface area contributed by atoms with Crippen LogP contribution in [-0.2, 0) is 6.42 Å². The number of halogens is 1. The molecule has 0 atom stereocenters. The lowest BCUT2D eigenvalue weighted by Gasteiger charge is -2.32. The number of amides is 2. The highest BCUT2D eigenvalue weighted by atomic mass is 35.5. The van der Waals surface area contributed by atoms with Crippen LogP contribution in [0.3, 0.4) is 0 Å². The van der Waals surface area contributed by atoms with E-state index in [0.717, 1.165) is 43.7 Å². The van der Waals surface area contributed by atoms with E-state index in [1.165, 1.54) is 5.56 Å². The van der Waals surface area contributed by atoms with E-state index in [1.807, 2.05) is 23.4 Å². The van der Waals surface area contributed by atoms with Gasteiger partial charge in [0.25, 0.3) is 0 Å². The topological polar surface area (TPSA) is 54.5 Å². The van der Waals surface area contributed by atoms with Crippen LogP contribution in [0.2, 0.25) is 5.02 Å². The molecule has 0 saturated carbocycles. The van der Waals surface area contributed by atoms with Gasteiger partial charge in [-0.3, -0.25) is 4.98 Å². The minimum absolute atomic E-state index is 0.0897. The van der Waals surface area contributed by atoms with Crippen LogP contribution in [0.15, 0.2) is 36.7 Å².